The van der Waals surface area contributed by atoms with E-state index in [1.807, 2.05) is 24.3 Å². The number of rotatable bonds is 3. The van der Waals surface area contributed by atoms with Gasteiger partial charge in [0, 0.05) is 37.9 Å². The van der Waals surface area contributed by atoms with Gasteiger partial charge in [0.05, 0.1) is 41.0 Å². The first kappa shape index (κ1) is 27.6. The maximum absolute atomic E-state index is 12.7. The van der Waals surface area contributed by atoms with E-state index in [1.54, 1.807) is 12.3 Å². The summed E-state index contributed by atoms with van der Waals surface area (Å²) in [5, 5.41) is 19.2. The Morgan fingerprint density at radius 3 is 2.57 bits per heavy atom. The maximum atomic E-state index is 12.7. The van der Waals surface area contributed by atoms with E-state index in [4.69, 9.17) is 9.15 Å². The molecule has 8 rings (SSSR count). The molecular weight excluding hydrogens is 556 g/mol. The van der Waals surface area contributed by atoms with Gasteiger partial charge in [0.2, 0.25) is 21.8 Å². The van der Waals surface area contributed by atoms with Crippen LogP contribution in [0.2, 0.25) is 0 Å². The zero-order valence-corrected chi connectivity index (χ0v) is 24.5. The summed E-state index contributed by atoms with van der Waals surface area (Å²) in [5.41, 5.74) is 2.92. The highest BCUT2D eigenvalue weighted by atomic mass is 32.2. The topological polar surface area (TPSA) is 134 Å². The summed E-state index contributed by atoms with van der Waals surface area (Å²) in [6.07, 6.45) is 8.29. The number of piperidine rings is 2. The van der Waals surface area contributed by atoms with Crippen molar-refractivity contribution < 1.29 is 22.7 Å². The largest absolute Gasteiger partial charge is 0.416 e. The van der Waals surface area contributed by atoms with Crippen molar-refractivity contribution in [2.45, 2.75) is 68.8 Å². The number of fused-ring (bicyclic) bond motifs is 6. The molecule has 2 atom stereocenters. The number of nitrogens with zero attached hydrogens (tertiary/aromatic N) is 5. The molecule has 1 aromatic carbocycles. The van der Waals surface area contributed by atoms with Crippen LogP contribution in [0.1, 0.15) is 51.4 Å². The molecule has 2 unspecified atom stereocenters. The lowest BCUT2D eigenvalue weighted by Crippen LogP contribution is -2.38. The number of hydrogen-bond acceptors (Lipinski definition) is 10. The summed E-state index contributed by atoms with van der Waals surface area (Å²) < 4.78 is 40.6. The van der Waals surface area contributed by atoms with Gasteiger partial charge < -0.3 is 24.1 Å². The van der Waals surface area contributed by atoms with Crippen molar-refractivity contribution in [1.82, 2.24) is 15.2 Å². The quantitative estimate of drug-likeness (QED) is 0.457. The molecule has 3 aromatic rings. The summed E-state index contributed by atoms with van der Waals surface area (Å²) in [4.78, 5) is 9.18. The molecule has 8 bridgehead atoms. The molecule has 1 saturated carbocycles. The van der Waals surface area contributed by atoms with E-state index in [0.717, 1.165) is 87.3 Å². The number of aliphatic hydroxyl groups is 1. The molecule has 0 amide bonds. The number of hydrogen-bond donors (Lipinski definition) is 2. The van der Waals surface area contributed by atoms with E-state index >= 15 is 0 Å². The Balaban J connectivity index is 1.24. The Hall–Kier alpha value is -3.22. The van der Waals surface area contributed by atoms with Crippen molar-refractivity contribution >= 4 is 27.2 Å². The molecule has 2 aromatic heterocycles. The Labute approximate surface area is 246 Å². The highest BCUT2D eigenvalue weighted by Crippen LogP contribution is 2.38. The van der Waals surface area contributed by atoms with E-state index in [1.165, 1.54) is 0 Å². The second-order valence-corrected chi connectivity index (χ2v) is 14.1. The fourth-order valence-corrected chi connectivity index (χ4v) is 7.75. The molecule has 4 aliphatic heterocycles. The van der Waals surface area contributed by atoms with E-state index in [9.17, 15) is 13.5 Å². The highest BCUT2D eigenvalue weighted by Gasteiger charge is 2.36. The molecule has 6 heterocycles. The molecule has 42 heavy (non-hydrogen) atoms. The predicted molar refractivity (Wildman–Crippen MR) is 160 cm³/mol. The standard InChI is InChI=1S/C30H38N6O5S/c37-23-5-3-20-2-1-13-36(18-20)28-16-21(9-12-31-28)29-32-33-30(41-29)26-8-4-22(34-42(38,39)25-6-7-25)17-27(26)35-14-10-24(11-15-35)40-19-23/h4,8-9,12,16-17,20,23-25,34,37H,1-3,5-7,10-11,13-15,18-19H2. The van der Waals surface area contributed by atoms with Gasteiger partial charge in [0.1, 0.15) is 5.82 Å². The van der Waals surface area contributed by atoms with Crippen LogP contribution in [0.15, 0.2) is 40.9 Å². The smallest absolute Gasteiger partial charge is 0.250 e. The van der Waals surface area contributed by atoms with Crippen LogP contribution in [0, 0.1) is 5.92 Å². The van der Waals surface area contributed by atoms with Gasteiger partial charge in [-0.25, -0.2) is 13.4 Å². The molecule has 2 N–H and O–H groups in total. The van der Waals surface area contributed by atoms with Crippen LogP contribution in [-0.2, 0) is 14.8 Å². The van der Waals surface area contributed by atoms with Crippen molar-refractivity contribution in [2.75, 3.05) is 47.3 Å². The minimum Gasteiger partial charge on any atom is -0.416 e. The van der Waals surface area contributed by atoms with Gasteiger partial charge in [-0.15, -0.1) is 10.2 Å². The number of sulfonamides is 1. The fraction of sp³-hybridized carbons (Fsp3) is 0.567. The van der Waals surface area contributed by atoms with Crippen molar-refractivity contribution in [3.05, 3.63) is 36.5 Å². The van der Waals surface area contributed by atoms with Gasteiger partial charge in [-0.3, -0.25) is 4.72 Å². The summed E-state index contributed by atoms with van der Waals surface area (Å²) in [6, 6.07) is 9.37. The lowest BCUT2D eigenvalue weighted by molar-refractivity contribution is -0.0226. The first-order chi connectivity index (χ1) is 20.4. The normalized spacial score (nSPS) is 25.1. The number of aromatic nitrogens is 3. The van der Waals surface area contributed by atoms with Gasteiger partial charge >= 0.3 is 0 Å². The third kappa shape index (κ3) is 5.97. The van der Waals surface area contributed by atoms with Crippen LogP contribution < -0.4 is 14.5 Å². The monoisotopic (exact) mass is 594 g/mol. The molecule has 11 nitrogen and oxygen atoms in total. The number of benzene rings is 1. The molecular formula is C30H38N6O5S. The first-order valence-electron chi connectivity index (χ1n) is 15.2. The average Bonchev–Trinajstić information content (AvgIpc) is 3.77. The molecule has 12 heteroatoms. The molecule has 2 saturated heterocycles. The van der Waals surface area contributed by atoms with Crippen LogP contribution in [0.5, 0.6) is 0 Å². The predicted octanol–water partition coefficient (Wildman–Crippen LogP) is 4.06. The van der Waals surface area contributed by atoms with E-state index in [-0.39, 0.29) is 11.4 Å². The second-order valence-electron chi connectivity index (χ2n) is 12.1. The number of nitrogens with one attached hydrogen (secondary N) is 1. The van der Waals surface area contributed by atoms with Crippen LogP contribution in [0.3, 0.4) is 0 Å². The number of pyridine rings is 1. The zero-order valence-electron chi connectivity index (χ0n) is 23.7. The fourth-order valence-electron chi connectivity index (χ4n) is 6.37. The second kappa shape index (κ2) is 11.5. The summed E-state index contributed by atoms with van der Waals surface area (Å²) in [7, 11) is -3.41. The minimum atomic E-state index is -3.41. The van der Waals surface area contributed by atoms with Gasteiger partial charge in [0.25, 0.3) is 0 Å². The first-order valence-corrected chi connectivity index (χ1v) is 16.7. The molecule has 0 radical (unpaired) electrons. The number of anilines is 3. The van der Waals surface area contributed by atoms with E-state index in [2.05, 4.69) is 29.7 Å². The Morgan fingerprint density at radius 1 is 0.905 bits per heavy atom. The Kier molecular flexibility index (Phi) is 7.53. The molecule has 3 fully saturated rings. The highest BCUT2D eigenvalue weighted by molar-refractivity contribution is 7.93. The summed E-state index contributed by atoms with van der Waals surface area (Å²) in [5.74, 6) is 2.17. The SMILES string of the molecule is O=S(=O)(Nc1ccc2c(c1)N1CCC(CC1)OCC(O)CCC1CCCN(C1)c1cc(ccn1)-c1nnc-2o1)C1CC1. The van der Waals surface area contributed by atoms with Crippen molar-refractivity contribution in [2.24, 2.45) is 5.92 Å². The minimum absolute atomic E-state index is 0.0674. The molecule has 224 valence electrons. The third-order valence-electron chi connectivity index (χ3n) is 8.93. The van der Waals surface area contributed by atoms with Crippen LogP contribution in [0.4, 0.5) is 17.2 Å². The molecule has 0 spiro atoms. The lowest BCUT2D eigenvalue weighted by atomic mass is 9.92. The van der Waals surface area contributed by atoms with Crippen molar-refractivity contribution in [3.8, 4) is 22.9 Å². The zero-order chi connectivity index (χ0) is 28.7. The number of ether oxygens (including phenoxy) is 1. The van der Waals surface area contributed by atoms with Gasteiger partial charge in [-0.2, -0.15) is 0 Å². The Morgan fingerprint density at radius 2 is 1.74 bits per heavy atom. The van der Waals surface area contributed by atoms with Gasteiger partial charge in [-0.1, -0.05) is 0 Å². The third-order valence-corrected chi connectivity index (χ3v) is 10.8. The summed E-state index contributed by atoms with van der Waals surface area (Å²) >= 11 is 0. The van der Waals surface area contributed by atoms with Crippen LogP contribution in [-0.4, -0.2) is 78.9 Å². The van der Waals surface area contributed by atoms with E-state index < -0.39 is 16.1 Å². The van der Waals surface area contributed by atoms with Gasteiger partial charge in [-0.05, 0) is 87.6 Å². The maximum Gasteiger partial charge on any atom is 0.250 e. The Bertz CT molecular complexity index is 1520. The van der Waals surface area contributed by atoms with Crippen LogP contribution in [0.25, 0.3) is 22.9 Å². The van der Waals surface area contributed by atoms with Crippen molar-refractivity contribution in [3.63, 3.8) is 0 Å². The van der Waals surface area contributed by atoms with Crippen LogP contribution >= 0.6 is 0 Å². The van der Waals surface area contributed by atoms with Crippen molar-refractivity contribution in [1.29, 1.82) is 0 Å². The molecule has 1 aliphatic carbocycles. The van der Waals surface area contributed by atoms with Gasteiger partial charge in [0.15, 0.2) is 0 Å². The average molecular weight is 595 g/mol. The lowest BCUT2D eigenvalue weighted by Gasteiger charge is -2.35. The number of aliphatic hydroxyl groups excluding tert-OH is 1. The summed E-state index contributed by atoms with van der Waals surface area (Å²) in [6.45, 7) is 3.63. The van der Waals surface area contributed by atoms with E-state index in [0.29, 0.717) is 42.8 Å². The molecule has 5 aliphatic rings.